The lowest BCUT2D eigenvalue weighted by Gasteiger charge is -2.19. The molecule has 1 aliphatic rings. The average molecular weight is 317 g/mol. The van der Waals surface area contributed by atoms with E-state index in [2.05, 4.69) is 16.0 Å². The second kappa shape index (κ2) is 7.83. The van der Waals surface area contributed by atoms with Gasteiger partial charge in [0.05, 0.1) is 0 Å². The summed E-state index contributed by atoms with van der Waals surface area (Å²) in [6, 6.07) is -0.688. The fourth-order valence-electron chi connectivity index (χ4n) is 1.82. The van der Waals surface area contributed by atoms with Crippen molar-refractivity contribution in [3.05, 3.63) is 0 Å². The van der Waals surface area contributed by atoms with Crippen molar-refractivity contribution < 1.29 is 29.0 Å². The molecule has 1 heterocycles. The van der Waals surface area contributed by atoms with Gasteiger partial charge in [0.1, 0.15) is 17.7 Å². The fourth-order valence-corrected chi connectivity index (χ4v) is 1.82. The van der Waals surface area contributed by atoms with E-state index in [1.54, 1.807) is 20.8 Å². The minimum atomic E-state index is -0.965. The van der Waals surface area contributed by atoms with Crippen LogP contribution in [-0.4, -0.2) is 60.6 Å². The summed E-state index contributed by atoms with van der Waals surface area (Å²) in [6.45, 7) is 5.94. The van der Waals surface area contributed by atoms with Crippen LogP contribution in [0.5, 0.6) is 0 Å². The van der Waals surface area contributed by atoms with Crippen molar-refractivity contribution >= 4 is 18.2 Å². The Kier molecular flexibility index (Phi) is 6.41. The smallest absolute Gasteiger partial charge is 0.407 e. The van der Waals surface area contributed by atoms with E-state index in [1.807, 2.05) is 0 Å². The average Bonchev–Trinajstić information content (AvgIpc) is 2.81. The number of hydrogen-bond donors (Lipinski definition) is 4. The number of aliphatic carboxylic acids is 1. The number of hydrogen-bond acceptors (Lipinski definition) is 6. The summed E-state index contributed by atoms with van der Waals surface area (Å²) in [6.07, 6.45) is -1.45. The molecule has 1 fully saturated rings. The Bertz CT molecular complexity index is 420. The first-order valence-corrected chi connectivity index (χ1v) is 7.05. The fraction of sp³-hybridized carbons (Fsp3) is 0.769. The van der Waals surface area contributed by atoms with Gasteiger partial charge in [-0.3, -0.25) is 4.79 Å². The van der Waals surface area contributed by atoms with Crippen molar-refractivity contribution in [2.45, 2.75) is 44.9 Å². The van der Waals surface area contributed by atoms with E-state index >= 15 is 0 Å². The molecule has 0 aromatic rings. The van der Waals surface area contributed by atoms with E-state index in [4.69, 9.17) is 14.6 Å². The van der Waals surface area contributed by atoms with E-state index in [0.29, 0.717) is 6.54 Å². The first-order chi connectivity index (χ1) is 10.2. The molecule has 0 unspecified atom stereocenters. The van der Waals surface area contributed by atoms with Crippen LogP contribution >= 0.6 is 0 Å². The van der Waals surface area contributed by atoms with Gasteiger partial charge in [0.25, 0.3) is 0 Å². The van der Waals surface area contributed by atoms with Gasteiger partial charge in [0.2, 0.25) is 0 Å². The highest BCUT2D eigenvalue weighted by Crippen LogP contribution is 2.10. The number of carbonyl (C=O) groups excluding carboxylic acids is 2. The first kappa shape index (κ1) is 18.0. The highest BCUT2D eigenvalue weighted by atomic mass is 16.6. The first-order valence-electron chi connectivity index (χ1n) is 7.05. The van der Waals surface area contributed by atoms with Gasteiger partial charge in [-0.2, -0.15) is 0 Å². The second-order valence-corrected chi connectivity index (χ2v) is 5.92. The molecule has 9 heteroatoms. The van der Waals surface area contributed by atoms with E-state index in [-0.39, 0.29) is 19.5 Å². The maximum Gasteiger partial charge on any atom is 0.407 e. The van der Waals surface area contributed by atoms with Gasteiger partial charge in [-0.25, -0.2) is 9.59 Å². The predicted molar refractivity (Wildman–Crippen MR) is 76.6 cm³/mol. The van der Waals surface area contributed by atoms with E-state index < -0.39 is 35.9 Å². The Morgan fingerprint density at radius 3 is 2.27 bits per heavy atom. The number of nitrogens with one attached hydrogen (secondary N) is 3. The Morgan fingerprint density at radius 1 is 1.18 bits per heavy atom. The molecule has 0 aromatic carbocycles. The van der Waals surface area contributed by atoms with E-state index in [1.165, 1.54) is 0 Å². The lowest BCUT2D eigenvalue weighted by atomic mass is 10.2. The summed E-state index contributed by atoms with van der Waals surface area (Å²) in [5.41, 5.74) is -0.577. The van der Waals surface area contributed by atoms with Crippen LogP contribution in [0.3, 0.4) is 0 Å². The molecule has 126 valence electrons. The standard InChI is InChI=1S/C13H23N3O6/c1-13(2,3)22-12(20)15-5-4-14-11(19)21-8-6-9(10(17)18)16-7-8/h8-9,16H,4-7H2,1-3H3,(H,14,19)(H,15,20)(H,17,18)/t8-,9+/m1/s1. The molecule has 9 nitrogen and oxygen atoms in total. The molecule has 0 aliphatic carbocycles. The van der Waals surface area contributed by atoms with Crippen LogP contribution in [0.25, 0.3) is 0 Å². The van der Waals surface area contributed by atoms with Gasteiger partial charge in [-0.1, -0.05) is 0 Å². The number of carbonyl (C=O) groups is 3. The second-order valence-electron chi connectivity index (χ2n) is 5.92. The van der Waals surface area contributed by atoms with Crippen LogP contribution in [-0.2, 0) is 14.3 Å². The largest absolute Gasteiger partial charge is 0.480 e. The summed E-state index contributed by atoms with van der Waals surface area (Å²) in [5, 5.41) is 16.5. The predicted octanol–water partition coefficient (Wildman–Crippen LogP) is 0.0524. The molecule has 1 saturated heterocycles. The van der Waals surface area contributed by atoms with Gasteiger partial charge in [0.15, 0.2) is 0 Å². The molecule has 0 saturated carbocycles. The number of carboxylic acids is 1. The number of rotatable bonds is 5. The maximum absolute atomic E-state index is 11.5. The minimum Gasteiger partial charge on any atom is -0.480 e. The summed E-state index contributed by atoms with van der Waals surface area (Å²) in [7, 11) is 0. The molecule has 2 amide bonds. The van der Waals surface area contributed by atoms with Gasteiger partial charge in [-0.15, -0.1) is 0 Å². The van der Waals surface area contributed by atoms with Crippen molar-refractivity contribution in [1.29, 1.82) is 0 Å². The number of ether oxygens (including phenoxy) is 2. The molecule has 0 aromatic heterocycles. The lowest BCUT2D eigenvalue weighted by molar-refractivity contribution is -0.139. The zero-order valence-electron chi connectivity index (χ0n) is 13.0. The van der Waals surface area contributed by atoms with Crippen molar-refractivity contribution in [3.8, 4) is 0 Å². The molecule has 0 radical (unpaired) electrons. The quantitative estimate of drug-likeness (QED) is 0.528. The van der Waals surface area contributed by atoms with Crippen LogP contribution in [0.1, 0.15) is 27.2 Å². The van der Waals surface area contributed by atoms with Gasteiger partial charge in [0, 0.05) is 26.1 Å². The van der Waals surface area contributed by atoms with Crippen molar-refractivity contribution in [3.63, 3.8) is 0 Å². The molecule has 1 aliphatic heterocycles. The highest BCUT2D eigenvalue weighted by molar-refractivity contribution is 5.74. The van der Waals surface area contributed by atoms with Crippen molar-refractivity contribution in [2.24, 2.45) is 0 Å². The SMILES string of the molecule is CC(C)(C)OC(=O)NCCNC(=O)O[C@H]1CN[C@H](C(=O)O)C1. The Balaban J connectivity index is 2.12. The molecular weight excluding hydrogens is 294 g/mol. The normalized spacial score (nSPS) is 21.0. The van der Waals surface area contributed by atoms with E-state index in [9.17, 15) is 14.4 Å². The van der Waals surface area contributed by atoms with Crippen LogP contribution in [0.4, 0.5) is 9.59 Å². The van der Waals surface area contributed by atoms with Crippen LogP contribution in [0.2, 0.25) is 0 Å². The summed E-state index contributed by atoms with van der Waals surface area (Å²) in [5.74, 6) is -0.965. The minimum absolute atomic E-state index is 0.181. The van der Waals surface area contributed by atoms with Gasteiger partial charge < -0.3 is 30.5 Å². The number of amides is 2. The summed E-state index contributed by atoms with van der Waals surface area (Å²) < 4.78 is 10.1. The Labute approximate surface area is 128 Å². The third kappa shape index (κ3) is 7.11. The third-order valence-electron chi connectivity index (χ3n) is 2.72. The number of carboxylic acid groups (broad SMARTS) is 1. The van der Waals surface area contributed by atoms with Gasteiger partial charge in [-0.05, 0) is 20.8 Å². The molecule has 2 atom stereocenters. The van der Waals surface area contributed by atoms with Gasteiger partial charge >= 0.3 is 18.2 Å². The number of alkyl carbamates (subject to hydrolysis) is 2. The molecule has 0 spiro atoms. The molecule has 0 bridgehead atoms. The van der Waals surface area contributed by atoms with Crippen molar-refractivity contribution in [1.82, 2.24) is 16.0 Å². The highest BCUT2D eigenvalue weighted by Gasteiger charge is 2.31. The Hall–Kier alpha value is -2.03. The maximum atomic E-state index is 11.5. The van der Waals surface area contributed by atoms with E-state index in [0.717, 1.165) is 0 Å². The molecule has 22 heavy (non-hydrogen) atoms. The molecular formula is C13H23N3O6. The summed E-state index contributed by atoms with van der Waals surface area (Å²) >= 11 is 0. The van der Waals surface area contributed by atoms with Crippen LogP contribution in [0, 0.1) is 0 Å². The van der Waals surface area contributed by atoms with Crippen molar-refractivity contribution in [2.75, 3.05) is 19.6 Å². The monoisotopic (exact) mass is 317 g/mol. The molecule has 1 rings (SSSR count). The summed E-state index contributed by atoms with van der Waals surface area (Å²) in [4.78, 5) is 33.6. The Morgan fingerprint density at radius 2 is 1.77 bits per heavy atom. The zero-order valence-corrected chi connectivity index (χ0v) is 13.0. The lowest BCUT2D eigenvalue weighted by Crippen LogP contribution is -2.38. The zero-order chi connectivity index (χ0) is 16.8. The topological polar surface area (TPSA) is 126 Å². The van der Waals surface area contributed by atoms with Crippen LogP contribution in [0.15, 0.2) is 0 Å². The third-order valence-corrected chi connectivity index (χ3v) is 2.72. The van der Waals surface area contributed by atoms with Crippen LogP contribution < -0.4 is 16.0 Å². The molecule has 4 N–H and O–H groups in total.